The van der Waals surface area contributed by atoms with Crippen molar-refractivity contribution in [2.24, 2.45) is 0 Å². The number of hydrogen-bond donors (Lipinski definition) is 0. The van der Waals surface area contributed by atoms with Crippen molar-refractivity contribution in [3.63, 3.8) is 0 Å². The van der Waals surface area contributed by atoms with E-state index in [-0.39, 0.29) is 18.3 Å². The van der Waals surface area contributed by atoms with E-state index < -0.39 is 15.6 Å². The van der Waals surface area contributed by atoms with Crippen molar-refractivity contribution in [2.75, 3.05) is 10.1 Å². The van der Waals surface area contributed by atoms with Gasteiger partial charge >= 0.3 is 5.97 Å². The molecule has 0 aliphatic heterocycles. The first-order valence-corrected chi connectivity index (χ1v) is 18.5. The van der Waals surface area contributed by atoms with Crippen LogP contribution >= 0.6 is 0 Å². The maximum Gasteiger partial charge on any atom is 0.339 e. The van der Waals surface area contributed by atoms with Gasteiger partial charge in [0.25, 0.3) is 0 Å². The Morgan fingerprint density at radius 1 is 0.833 bits per heavy atom. The topological polar surface area (TPSA) is 81.5 Å². The summed E-state index contributed by atoms with van der Waals surface area (Å²) in [5, 5.41) is 0. The number of unbranched alkanes of at least 4 members (excludes halogenated alkanes) is 2. The van der Waals surface area contributed by atoms with E-state index in [9.17, 15) is 13.2 Å². The SMILES string of the molecule is CCCCc1nc2ccc(N(Cc3ccccc3)S(=O)(=O)CCCC)cc2n1Cc1ccc(-c2ccccc2C(=O)OC(C)(C)C)cc1. The molecule has 1 aromatic heterocycles. The smallest absolute Gasteiger partial charge is 0.339 e. The molecular weight excluding hydrogens is 619 g/mol. The van der Waals surface area contributed by atoms with Crippen LogP contribution in [-0.2, 0) is 34.3 Å². The third-order valence-corrected chi connectivity index (χ3v) is 10.1. The fourth-order valence-electron chi connectivity index (χ4n) is 5.77. The van der Waals surface area contributed by atoms with E-state index >= 15 is 0 Å². The van der Waals surface area contributed by atoms with Crippen LogP contribution < -0.4 is 4.31 Å². The van der Waals surface area contributed by atoms with Gasteiger partial charge in [0.1, 0.15) is 11.4 Å². The molecule has 0 aliphatic carbocycles. The van der Waals surface area contributed by atoms with Crippen LogP contribution in [0.2, 0.25) is 0 Å². The molecule has 0 spiro atoms. The van der Waals surface area contributed by atoms with E-state index in [1.807, 2.05) is 107 Å². The van der Waals surface area contributed by atoms with Gasteiger partial charge in [0.2, 0.25) is 10.0 Å². The van der Waals surface area contributed by atoms with Crippen LogP contribution in [0.5, 0.6) is 0 Å². The number of benzene rings is 4. The number of ether oxygens (including phenoxy) is 1. The number of imidazole rings is 1. The Kier molecular flexibility index (Phi) is 11.0. The predicted molar refractivity (Wildman–Crippen MR) is 196 cm³/mol. The molecule has 0 aliphatic rings. The van der Waals surface area contributed by atoms with Crippen molar-refractivity contribution in [3.05, 3.63) is 120 Å². The lowest BCUT2D eigenvalue weighted by Gasteiger charge is -2.25. The zero-order valence-corrected chi connectivity index (χ0v) is 29.6. The lowest BCUT2D eigenvalue weighted by molar-refractivity contribution is 0.00704. The van der Waals surface area contributed by atoms with Crippen molar-refractivity contribution in [3.8, 4) is 11.1 Å². The molecule has 0 fully saturated rings. The molecule has 0 bridgehead atoms. The Hall–Kier alpha value is -4.43. The third kappa shape index (κ3) is 8.53. The number of anilines is 1. The summed E-state index contributed by atoms with van der Waals surface area (Å²) < 4.78 is 36.9. The van der Waals surface area contributed by atoms with Crippen LogP contribution in [0.4, 0.5) is 5.69 Å². The molecule has 8 heteroatoms. The summed E-state index contributed by atoms with van der Waals surface area (Å²) in [6.07, 6.45) is 4.27. The molecule has 0 saturated carbocycles. The molecular formula is C40H47N3O4S. The first-order chi connectivity index (χ1) is 23.0. The average Bonchev–Trinajstić information content (AvgIpc) is 3.41. The molecule has 0 radical (unpaired) electrons. The van der Waals surface area contributed by atoms with Crippen molar-refractivity contribution >= 4 is 32.7 Å². The van der Waals surface area contributed by atoms with Gasteiger partial charge in [-0.1, -0.05) is 99.5 Å². The Bertz CT molecular complexity index is 1940. The Labute approximate surface area is 285 Å². The second-order valence-electron chi connectivity index (χ2n) is 13.3. The fourth-order valence-corrected chi connectivity index (χ4v) is 7.43. The number of rotatable bonds is 14. The lowest BCUT2D eigenvalue weighted by atomic mass is 9.98. The van der Waals surface area contributed by atoms with Crippen LogP contribution in [-0.4, -0.2) is 35.3 Å². The maximum absolute atomic E-state index is 13.7. The molecule has 0 unspecified atom stereocenters. The molecule has 252 valence electrons. The van der Waals surface area contributed by atoms with Gasteiger partial charge in [-0.15, -0.1) is 0 Å². The highest BCUT2D eigenvalue weighted by Gasteiger charge is 2.24. The number of aryl methyl sites for hydroxylation is 1. The van der Waals surface area contributed by atoms with Gasteiger partial charge in [0.05, 0.1) is 34.6 Å². The second-order valence-corrected chi connectivity index (χ2v) is 15.3. The van der Waals surface area contributed by atoms with Gasteiger partial charge in [-0.3, -0.25) is 4.31 Å². The Morgan fingerprint density at radius 2 is 1.52 bits per heavy atom. The summed E-state index contributed by atoms with van der Waals surface area (Å²) in [5.41, 5.74) is 6.09. The minimum Gasteiger partial charge on any atom is -0.456 e. The third-order valence-electron chi connectivity index (χ3n) is 8.26. The summed E-state index contributed by atoms with van der Waals surface area (Å²) >= 11 is 0. The Morgan fingerprint density at radius 3 is 2.21 bits per heavy atom. The minimum absolute atomic E-state index is 0.0960. The van der Waals surface area contributed by atoms with Gasteiger partial charge < -0.3 is 9.30 Å². The van der Waals surface area contributed by atoms with Crippen LogP contribution in [0.1, 0.15) is 87.6 Å². The zero-order valence-electron chi connectivity index (χ0n) is 28.8. The van der Waals surface area contributed by atoms with E-state index in [0.717, 1.165) is 64.8 Å². The molecule has 1 heterocycles. The number of carbonyl (C=O) groups is 1. The minimum atomic E-state index is -3.56. The molecule has 0 amide bonds. The molecule has 0 N–H and O–H groups in total. The van der Waals surface area contributed by atoms with E-state index in [1.165, 1.54) is 0 Å². The highest BCUT2D eigenvalue weighted by atomic mass is 32.2. The van der Waals surface area contributed by atoms with Crippen LogP contribution in [0.25, 0.3) is 22.2 Å². The van der Waals surface area contributed by atoms with E-state index in [2.05, 4.69) is 23.6 Å². The molecule has 7 nitrogen and oxygen atoms in total. The Balaban J connectivity index is 1.51. The molecule has 48 heavy (non-hydrogen) atoms. The van der Waals surface area contributed by atoms with E-state index in [1.54, 1.807) is 10.4 Å². The summed E-state index contributed by atoms with van der Waals surface area (Å²) in [5.74, 6) is 0.729. The largest absolute Gasteiger partial charge is 0.456 e. The predicted octanol–water partition coefficient (Wildman–Crippen LogP) is 9.19. The highest BCUT2D eigenvalue weighted by molar-refractivity contribution is 7.92. The summed E-state index contributed by atoms with van der Waals surface area (Å²) in [6, 6.07) is 31.3. The first kappa shape index (κ1) is 34.9. The van der Waals surface area contributed by atoms with Crippen LogP contribution in [0.15, 0.2) is 97.1 Å². The summed E-state index contributed by atoms with van der Waals surface area (Å²) in [4.78, 5) is 18.0. The zero-order chi connectivity index (χ0) is 34.3. The maximum atomic E-state index is 13.7. The number of nitrogens with zero attached hydrogens (tertiary/aromatic N) is 3. The van der Waals surface area contributed by atoms with Gasteiger partial charge in [-0.2, -0.15) is 0 Å². The lowest BCUT2D eigenvalue weighted by Crippen LogP contribution is -2.32. The van der Waals surface area contributed by atoms with Crippen LogP contribution in [0.3, 0.4) is 0 Å². The molecule has 4 aromatic carbocycles. The van der Waals surface area contributed by atoms with E-state index in [4.69, 9.17) is 9.72 Å². The summed E-state index contributed by atoms with van der Waals surface area (Å²) in [6.45, 7) is 10.6. The molecule has 0 saturated heterocycles. The van der Waals surface area contributed by atoms with Crippen molar-refractivity contribution in [1.29, 1.82) is 0 Å². The second kappa shape index (κ2) is 15.2. The number of hydrogen-bond acceptors (Lipinski definition) is 5. The number of sulfonamides is 1. The van der Waals surface area contributed by atoms with Crippen molar-refractivity contribution in [2.45, 2.75) is 85.4 Å². The number of fused-ring (bicyclic) bond motifs is 1. The molecule has 5 aromatic rings. The molecule has 0 atom stereocenters. The number of aromatic nitrogens is 2. The molecule has 5 rings (SSSR count). The van der Waals surface area contributed by atoms with Gasteiger partial charge in [-0.05, 0) is 80.1 Å². The summed E-state index contributed by atoms with van der Waals surface area (Å²) in [7, 11) is -3.56. The normalized spacial score (nSPS) is 11.9. The first-order valence-electron chi connectivity index (χ1n) is 16.9. The highest BCUT2D eigenvalue weighted by Crippen LogP contribution is 2.30. The van der Waals surface area contributed by atoms with E-state index in [0.29, 0.717) is 24.2 Å². The van der Waals surface area contributed by atoms with Gasteiger partial charge in [-0.25, -0.2) is 18.2 Å². The number of esters is 1. The quantitative estimate of drug-likeness (QED) is 0.111. The standard InChI is InChI=1S/C40H47N3O4S/c1-6-8-19-38-41-36-25-24-33(43(48(45,46)26-9-7-2)29-30-15-11-10-12-16-30)27-37(36)42(38)28-31-20-22-32(23-21-31)34-17-13-14-18-35(34)39(44)47-40(3,4)5/h10-18,20-25,27H,6-9,19,26,28-29H2,1-5H3. The van der Waals surface area contributed by atoms with Crippen LogP contribution in [0, 0.1) is 0 Å². The van der Waals surface area contributed by atoms with Crippen molar-refractivity contribution < 1.29 is 17.9 Å². The number of carbonyl (C=O) groups excluding carboxylic acids is 1. The van der Waals surface area contributed by atoms with Gasteiger partial charge in [0, 0.05) is 13.0 Å². The average molecular weight is 666 g/mol. The fraction of sp³-hybridized carbons (Fsp3) is 0.350. The monoisotopic (exact) mass is 665 g/mol. The van der Waals surface area contributed by atoms with Gasteiger partial charge in [0.15, 0.2) is 0 Å². The van der Waals surface area contributed by atoms with Crippen molar-refractivity contribution in [1.82, 2.24) is 9.55 Å².